The summed E-state index contributed by atoms with van der Waals surface area (Å²) in [6.45, 7) is 2.23. The Morgan fingerprint density at radius 2 is 1.95 bits per heavy atom. The molecule has 0 radical (unpaired) electrons. The van der Waals surface area contributed by atoms with Crippen molar-refractivity contribution in [2.24, 2.45) is 11.8 Å². The van der Waals surface area contributed by atoms with E-state index < -0.39 is 11.7 Å². The number of aliphatic hydroxyl groups is 1. The topological polar surface area (TPSA) is 39.6 Å². The Morgan fingerprint density at radius 1 is 1.29 bits per heavy atom. The van der Waals surface area contributed by atoms with Gasteiger partial charge in [-0.2, -0.15) is 13.2 Å². The second-order valence-electron chi connectivity index (χ2n) is 5.77. The highest BCUT2D eigenvalue weighted by Gasteiger charge is 2.34. The molecule has 1 fully saturated rings. The third-order valence-electron chi connectivity index (χ3n) is 3.81. The highest BCUT2D eigenvalue weighted by molar-refractivity contribution is 5.41. The molecule has 2 atom stereocenters. The number of pyridine rings is 1. The first-order valence-electron chi connectivity index (χ1n) is 6.85. The molecule has 2 rings (SSSR count). The van der Waals surface area contributed by atoms with Crippen molar-refractivity contribution < 1.29 is 18.3 Å². The lowest BCUT2D eigenvalue weighted by Crippen LogP contribution is -2.28. The van der Waals surface area contributed by atoms with Gasteiger partial charge in [-0.15, -0.1) is 0 Å². The first-order chi connectivity index (χ1) is 9.81. The SMILES string of the molecule is CN(C)C[C@@H]1CN(c2ccc(C(F)(F)F)cn2)C[C@@H]1CO. The van der Waals surface area contributed by atoms with Gasteiger partial charge in [0.15, 0.2) is 0 Å². The quantitative estimate of drug-likeness (QED) is 0.919. The van der Waals surface area contributed by atoms with E-state index in [0.29, 0.717) is 18.9 Å². The summed E-state index contributed by atoms with van der Waals surface area (Å²) in [4.78, 5) is 7.91. The maximum Gasteiger partial charge on any atom is 0.417 e. The number of hydrogen-bond acceptors (Lipinski definition) is 4. The molecule has 1 saturated heterocycles. The predicted molar refractivity (Wildman–Crippen MR) is 74.1 cm³/mol. The van der Waals surface area contributed by atoms with E-state index in [4.69, 9.17) is 0 Å². The van der Waals surface area contributed by atoms with Crippen molar-refractivity contribution in [3.8, 4) is 0 Å². The molecule has 1 aromatic heterocycles. The van der Waals surface area contributed by atoms with Crippen molar-refractivity contribution in [3.05, 3.63) is 23.9 Å². The van der Waals surface area contributed by atoms with E-state index in [1.54, 1.807) is 0 Å². The largest absolute Gasteiger partial charge is 0.417 e. The van der Waals surface area contributed by atoms with Gasteiger partial charge in [0.25, 0.3) is 0 Å². The van der Waals surface area contributed by atoms with Crippen LogP contribution in [-0.2, 0) is 6.18 Å². The molecule has 0 aliphatic carbocycles. The van der Waals surface area contributed by atoms with Gasteiger partial charge in [0.05, 0.1) is 5.56 Å². The second kappa shape index (κ2) is 6.19. The number of alkyl halides is 3. The zero-order valence-electron chi connectivity index (χ0n) is 12.1. The van der Waals surface area contributed by atoms with Crippen LogP contribution in [0.15, 0.2) is 18.3 Å². The summed E-state index contributed by atoms with van der Waals surface area (Å²) in [5.74, 6) is 0.938. The molecule has 0 aromatic carbocycles. The lowest BCUT2D eigenvalue weighted by atomic mass is 9.97. The van der Waals surface area contributed by atoms with Crippen LogP contribution in [0.1, 0.15) is 5.56 Å². The average Bonchev–Trinajstić information content (AvgIpc) is 2.80. The number of hydrogen-bond donors (Lipinski definition) is 1. The number of anilines is 1. The van der Waals surface area contributed by atoms with E-state index in [9.17, 15) is 18.3 Å². The third-order valence-corrected chi connectivity index (χ3v) is 3.81. The molecule has 118 valence electrons. The van der Waals surface area contributed by atoms with Gasteiger partial charge in [-0.05, 0) is 32.1 Å². The Hall–Kier alpha value is -1.34. The summed E-state index contributed by atoms with van der Waals surface area (Å²) >= 11 is 0. The van der Waals surface area contributed by atoms with Crippen molar-refractivity contribution >= 4 is 5.82 Å². The van der Waals surface area contributed by atoms with Gasteiger partial charge in [0.2, 0.25) is 0 Å². The van der Waals surface area contributed by atoms with Crippen LogP contribution in [0.2, 0.25) is 0 Å². The molecule has 7 heteroatoms. The smallest absolute Gasteiger partial charge is 0.396 e. The first kappa shape index (κ1) is 16.0. The van der Waals surface area contributed by atoms with Gasteiger partial charge in [0.1, 0.15) is 5.82 Å². The van der Waals surface area contributed by atoms with Crippen molar-refractivity contribution in [3.63, 3.8) is 0 Å². The summed E-state index contributed by atoms with van der Waals surface area (Å²) in [5, 5.41) is 9.45. The van der Waals surface area contributed by atoms with Gasteiger partial charge >= 0.3 is 6.18 Å². The summed E-state index contributed by atoms with van der Waals surface area (Å²) < 4.78 is 37.6. The molecule has 1 N–H and O–H groups in total. The van der Waals surface area contributed by atoms with E-state index >= 15 is 0 Å². The van der Waals surface area contributed by atoms with Gasteiger partial charge in [0, 0.05) is 38.4 Å². The lowest BCUT2D eigenvalue weighted by Gasteiger charge is -2.20. The molecule has 0 unspecified atom stereocenters. The van der Waals surface area contributed by atoms with Crippen LogP contribution in [0.5, 0.6) is 0 Å². The van der Waals surface area contributed by atoms with Crippen molar-refractivity contribution in [1.82, 2.24) is 9.88 Å². The van der Waals surface area contributed by atoms with Crippen LogP contribution in [0.25, 0.3) is 0 Å². The Morgan fingerprint density at radius 3 is 2.43 bits per heavy atom. The highest BCUT2D eigenvalue weighted by Crippen LogP contribution is 2.31. The molecule has 0 saturated carbocycles. The Bertz CT molecular complexity index is 462. The number of rotatable bonds is 4. The minimum atomic E-state index is -4.36. The van der Waals surface area contributed by atoms with Gasteiger partial charge < -0.3 is 14.9 Å². The predicted octanol–water partition coefficient (Wildman–Crippen LogP) is 1.71. The van der Waals surface area contributed by atoms with Gasteiger partial charge in [-0.3, -0.25) is 0 Å². The van der Waals surface area contributed by atoms with E-state index in [1.165, 1.54) is 6.07 Å². The van der Waals surface area contributed by atoms with Crippen LogP contribution in [0, 0.1) is 11.8 Å². The molecule has 1 aliphatic rings. The maximum absolute atomic E-state index is 12.5. The molecule has 1 aliphatic heterocycles. The minimum absolute atomic E-state index is 0.0790. The molecular weight excluding hydrogens is 283 g/mol. The molecule has 1 aromatic rings. The zero-order chi connectivity index (χ0) is 15.6. The van der Waals surface area contributed by atoms with E-state index in [2.05, 4.69) is 9.88 Å². The van der Waals surface area contributed by atoms with Crippen molar-refractivity contribution in [2.45, 2.75) is 6.18 Å². The normalized spacial score (nSPS) is 23.1. The molecule has 21 heavy (non-hydrogen) atoms. The van der Waals surface area contributed by atoms with Crippen LogP contribution >= 0.6 is 0 Å². The van der Waals surface area contributed by atoms with Crippen LogP contribution < -0.4 is 4.90 Å². The van der Waals surface area contributed by atoms with E-state index in [0.717, 1.165) is 18.8 Å². The Balaban J connectivity index is 2.09. The standard InChI is InChI=1S/C14H20F3N3O/c1-19(2)6-10-7-20(8-11(10)9-21)13-4-3-12(5-18-13)14(15,16)17/h3-5,10-11,21H,6-9H2,1-2H3/t10-,11-/m1/s1. The summed E-state index contributed by atoms with van der Waals surface area (Å²) in [6.07, 6.45) is -3.50. The zero-order valence-corrected chi connectivity index (χ0v) is 12.1. The number of halogens is 3. The molecule has 4 nitrogen and oxygen atoms in total. The van der Waals surface area contributed by atoms with Gasteiger partial charge in [-0.25, -0.2) is 4.98 Å². The fraction of sp³-hybridized carbons (Fsp3) is 0.643. The second-order valence-corrected chi connectivity index (χ2v) is 5.77. The highest BCUT2D eigenvalue weighted by atomic mass is 19.4. The molecule has 0 spiro atoms. The molecule has 0 bridgehead atoms. The van der Waals surface area contributed by atoms with Gasteiger partial charge in [-0.1, -0.05) is 0 Å². The average molecular weight is 303 g/mol. The molecule has 0 amide bonds. The number of aromatic nitrogens is 1. The molecular formula is C14H20F3N3O. The lowest BCUT2D eigenvalue weighted by molar-refractivity contribution is -0.137. The third kappa shape index (κ3) is 3.85. The number of aliphatic hydroxyl groups excluding tert-OH is 1. The van der Waals surface area contributed by atoms with Crippen LogP contribution in [-0.4, -0.2) is 55.3 Å². The maximum atomic E-state index is 12.5. The summed E-state index contributed by atoms with van der Waals surface area (Å²) in [6, 6.07) is 2.45. The van der Waals surface area contributed by atoms with E-state index in [1.807, 2.05) is 19.0 Å². The Kier molecular flexibility index (Phi) is 4.73. The fourth-order valence-electron chi connectivity index (χ4n) is 2.75. The van der Waals surface area contributed by atoms with Crippen LogP contribution in [0.4, 0.5) is 19.0 Å². The minimum Gasteiger partial charge on any atom is -0.396 e. The van der Waals surface area contributed by atoms with Crippen LogP contribution in [0.3, 0.4) is 0 Å². The number of nitrogens with zero attached hydrogens (tertiary/aromatic N) is 3. The Labute approximate surface area is 122 Å². The summed E-state index contributed by atoms with van der Waals surface area (Å²) in [5.41, 5.74) is -0.742. The van der Waals surface area contributed by atoms with Crippen molar-refractivity contribution in [1.29, 1.82) is 0 Å². The first-order valence-corrected chi connectivity index (χ1v) is 6.85. The fourth-order valence-corrected chi connectivity index (χ4v) is 2.75. The molecule has 2 heterocycles. The van der Waals surface area contributed by atoms with Crippen molar-refractivity contribution in [2.75, 3.05) is 45.2 Å². The monoisotopic (exact) mass is 303 g/mol. The summed E-state index contributed by atoms with van der Waals surface area (Å²) in [7, 11) is 3.93. The van der Waals surface area contributed by atoms with E-state index in [-0.39, 0.29) is 18.4 Å².